The van der Waals surface area contributed by atoms with E-state index in [1.165, 1.54) is 19.3 Å². The summed E-state index contributed by atoms with van der Waals surface area (Å²) in [5.41, 5.74) is 1.39. The zero-order valence-electron chi connectivity index (χ0n) is 12.8. The minimum atomic E-state index is -0.139. The molecule has 0 radical (unpaired) electrons. The number of rotatable bonds is 4. The fourth-order valence-corrected chi connectivity index (χ4v) is 2.73. The SMILES string of the molecule is O=C(NCc1ccnc(N2CCCCC2)n1)c1ccc(Cl)cc1. The number of carbonyl (C=O) groups is 1. The summed E-state index contributed by atoms with van der Waals surface area (Å²) < 4.78 is 0. The zero-order chi connectivity index (χ0) is 16.1. The largest absolute Gasteiger partial charge is 0.346 e. The van der Waals surface area contributed by atoms with E-state index in [-0.39, 0.29) is 5.91 Å². The van der Waals surface area contributed by atoms with Gasteiger partial charge in [-0.05, 0) is 49.6 Å². The van der Waals surface area contributed by atoms with Crippen LogP contribution in [-0.4, -0.2) is 29.0 Å². The van der Waals surface area contributed by atoms with Gasteiger partial charge in [-0.2, -0.15) is 0 Å². The minimum Gasteiger partial charge on any atom is -0.346 e. The molecule has 0 atom stereocenters. The molecule has 23 heavy (non-hydrogen) atoms. The lowest BCUT2D eigenvalue weighted by atomic mass is 10.1. The number of hydrogen-bond acceptors (Lipinski definition) is 4. The number of nitrogens with zero attached hydrogens (tertiary/aromatic N) is 3. The summed E-state index contributed by atoms with van der Waals surface area (Å²) in [6.07, 6.45) is 5.38. The fraction of sp³-hybridized carbons (Fsp3) is 0.353. The first-order chi connectivity index (χ1) is 11.2. The molecule has 1 aromatic carbocycles. The van der Waals surface area contributed by atoms with Crippen LogP contribution in [0.1, 0.15) is 35.3 Å². The van der Waals surface area contributed by atoms with Crippen molar-refractivity contribution in [1.29, 1.82) is 0 Å². The Morgan fingerprint density at radius 3 is 2.61 bits per heavy atom. The van der Waals surface area contributed by atoms with Gasteiger partial charge in [0.15, 0.2) is 0 Å². The first-order valence-electron chi connectivity index (χ1n) is 7.83. The number of piperidine rings is 1. The molecule has 1 fully saturated rings. The van der Waals surface area contributed by atoms with Gasteiger partial charge in [-0.3, -0.25) is 4.79 Å². The second-order valence-corrected chi connectivity index (χ2v) is 6.02. The summed E-state index contributed by atoms with van der Waals surface area (Å²) in [7, 11) is 0. The molecule has 0 spiro atoms. The van der Waals surface area contributed by atoms with Gasteiger partial charge >= 0.3 is 0 Å². The molecule has 0 unspecified atom stereocenters. The molecule has 120 valence electrons. The highest BCUT2D eigenvalue weighted by atomic mass is 35.5. The van der Waals surface area contributed by atoms with E-state index in [0.717, 1.165) is 24.7 Å². The van der Waals surface area contributed by atoms with E-state index in [2.05, 4.69) is 20.2 Å². The van der Waals surface area contributed by atoms with Crippen molar-refractivity contribution in [3.63, 3.8) is 0 Å². The van der Waals surface area contributed by atoms with Crippen molar-refractivity contribution in [3.05, 3.63) is 52.8 Å². The van der Waals surface area contributed by atoms with Gasteiger partial charge in [0.2, 0.25) is 5.95 Å². The van der Waals surface area contributed by atoms with Gasteiger partial charge in [0.25, 0.3) is 5.91 Å². The van der Waals surface area contributed by atoms with E-state index in [1.807, 2.05) is 6.07 Å². The predicted molar refractivity (Wildman–Crippen MR) is 90.7 cm³/mol. The van der Waals surface area contributed by atoms with Crippen molar-refractivity contribution >= 4 is 23.5 Å². The van der Waals surface area contributed by atoms with Crippen molar-refractivity contribution in [2.45, 2.75) is 25.8 Å². The summed E-state index contributed by atoms with van der Waals surface area (Å²) >= 11 is 5.83. The maximum Gasteiger partial charge on any atom is 0.251 e. The molecule has 0 bridgehead atoms. The van der Waals surface area contributed by atoms with Crippen LogP contribution in [0.25, 0.3) is 0 Å². The quantitative estimate of drug-likeness (QED) is 0.936. The van der Waals surface area contributed by atoms with E-state index >= 15 is 0 Å². The van der Waals surface area contributed by atoms with Crippen LogP contribution in [0.5, 0.6) is 0 Å². The molecule has 2 heterocycles. The van der Waals surface area contributed by atoms with Crippen molar-refractivity contribution in [3.8, 4) is 0 Å². The lowest BCUT2D eigenvalue weighted by Gasteiger charge is -2.26. The van der Waals surface area contributed by atoms with Crippen molar-refractivity contribution in [1.82, 2.24) is 15.3 Å². The Morgan fingerprint density at radius 2 is 1.87 bits per heavy atom. The van der Waals surface area contributed by atoms with Crippen LogP contribution in [0.15, 0.2) is 36.5 Å². The summed E-state index contributed by atoms with van der Waals surface area (Å²) in [5.74, 6) is 0.614. The third-order valence-corrected chi connectivity index (χ3v) is 4.13. The number of carbonyl (C=O) groups excluding carboxylic acids is 1. The number of halogens is 1. The molecule has 6 heteroatoms. The van der Waals surface area contributed by atoms with Crippen molar-refractivity contribution in [2.24, 2.45) is 0 Å². The molecular formula is C17H19ClN4O. The normalized spacial score (nSPS) is 14.6. The van der Waals surface area contributed by atoms with E-state index in [0.29, 0.717) is 17.1 Å². The zero-order valence-corrected chi connectivity index (χ0v) is 13.6. The van der Waals surface area contributed by atoms with Gasteiger partial charge in [-0.25, -0.2) is 9.97 Å². The Bertz CT molecular complexity index is 669. The van der Waals surface area contributed by atoms with Gasteiger partial charge < -0.3 is 10.2 Å². The average Bonchev–Trinajstić information content (AvgIpc) is 2.61. The third kappa shape index (κ3) is 4.20. The molecular weight excluding hydrogens is 312 g/mol. The van der Waals surface area contributed by atoms with E-state index in [4.69, 9.17) is 11.6 Å². The minimum absolute atomic E-state index is 0.139. The summed E-state index contributed by atoms with van der Waals surface area (Å²) in [4.78, 5) is 23.2. The number of hydrogen-bond donors (Lipinski definition) is 1. The monoisotopic (exact) mass is 330 g/mol. The topological polar surface area (TPSA) is 58.1 Å². The van der Waals surface area contributed by atoms with Crippen LogP contribution in [0.3, 0.4) is 0 Å². The Morgan fingerprint density at radius 1 is 1.13 bits per heavy atom. The molecule has 1 saturated heterocycles. The molecule has 1 amide bonds. The first kappa shape index (κ1) is 15.7. The van der Waals surface area contributed by atoms with E-state index < -0.39 is 0 Å². The van der Waals surface area contributed by atoms with E-state index in [9.17, 15) is 4.79 Å². The van der Waals surface area contributed by atoms with Crippen LogP contribution >= 0.6 is 11.6 Å². The fourth-order valence-electron chi connectivity index (χ4n) is 2.60. The standard InChI is InChI=1S/C17H19ClN4O/c18-14-6-4-13(5-7-14)16(23)20-12-15-8-9-19-17(21-15)22-10-2-1-3-11-22/h4-9H,1-3,10-12H2,(H,20,23). The van der Waals surface area contributed by atoms with Gasteiger partial charge in [0.1, 0.15) is 0 Å². The highest BCUT2D eigenvalue weighted by Gasteiger charge is 2.14. The average molecular weight is 331 g/mol. The Hall–Kier alpha value is -2.14. The van der Waals surface area contributed by atoms with E-state index in [1.54, 1.807) is 30.5 Å². The maximum absolute atomic E-state index is 12.1. The number of aromatic nitrogens is 2. The Kier molecular flexibility index (Phi) is 5.08. The van der Waals surface area contributed by atoms with Gasteiger partial charge in [0, 0.05) is 29.9 Å². The lowest BCUT2D eigenvalue weighted by molar-refractivity contribution is 0.0950. The van der Waals surface area contributed by atoms with Crippen LogP contribution in [0.2, 0.25) is 5.02 Å². The van der Waals surface area contributed by atoms with Crippen LogP contribution < -0.4 is 10.2 Å². The number of nitrogens with one attached hydrogen (secondary N) is 1. The molecule has 0 saturated carbocycles. The molecule has 1 aliphatic rings. The molecule has 1 N–H and O–H groups in total. The molecule has 5 nitrogen and oxygen atoms in total. The Labute approximate surface area is 140 Å². The van der Waals surface area contributed by atoms with Crippen molar-refractivity contribution < 1.29 is 4.79 Å². The van der Waals surface area contributed by atoms with Crippen LogP contribution in [-0.2, 0) is 6.54 Å². The molecule has 0 aliphatic carbocycles. The lowest BCUT2D eigenvalue weighted by Crippen LogP contribution is -2.31. The molecule has 3 rings (SSSR count). The molecule has 2 aromatic rings. The third-order valence-electron chi connectivity index (χ3n) is 3.88. The predicted octanol–water partition coefficient (Wildman–Crippen LogP) is 3.05. The smallest absolute Gasteiger partial charge is 0.251 e. The Balaban J connectivity index is 1.61. The van der Waals surface area contributed by atoms with Gasteiger partial charge in [-0.1, -0.05) is 11.6 Å². The summed E-state index contributed by atoms with van der Waals surface area (Å²) in [5, 5.41) is 3.49. The number of anilines is 1. The van der Waals surface area contributed by atoms with Gasteiger partial charge in [0.05, 0.1) is 12.2 Å². The number of amides is 1. The highest BCUT2D eigenvalue weighted by Crippen LogP contribution is 2.15. The van der Waals surface area contributed by atoms with Crippen LogP contribution in [0.4, 0.5) is 5.95 Å². The second-order valence-electron chi connectivity index (χ2n) is 5.59. The second kappa shape index (κ2) is 7.42. The highest BCUT2D eigenvalue weighted by molar-refractivity contribution is 6.30. The first-order valence-corrected chi connectivity index (χ1v) is 8.21. The van der Waals surface area contributed by atoms with Crippen LogP contribution in [0, 0.1) is 0 Å². The molecule has 1 aromatic heterocycles. The molecule has 1 aliphatic heterocycles. The van der Waals surface area contributed by atoms with Crippen molar-refractivity contribution in [2.75, 3.05) is 18.0 Å². The maximum atomic E-state index is 12.1. The summed E-state index contributed by atoms with van der Waals surface area (Å²) in [6, 6.07) is 8.65. The van der Waals surface area contributed by atoms with Gasteiger partial charge in [-0.15, -0.1) is 0 Å². The number of benzene rings is 1. The summed E-state index contributed by atoms with van der Waals surface area (Å²) in [6.45, 7) is 2.38.